The van der Waals surface area contributed by atoms with Gasteiger partial charge in [-0.15, -0.1) is 11.3 Å². The van der Waals surface area contributed by atoms with Crippen molar-refractivity contribution in [2.75, 3.05) is 24.5 Å². The minimum absolute atomic E-state index is 0.250. The predicted molar refractivity (Wildman–Crippen MR) is 109 cm³/mol. The van der Waals surface area contributed by atoms with Crippen molar-refractivity contribution in [2.24, 2.45) is 0 Å². The Balaban J connectivity index is 0.000000758. The highest BCUT2D eigenvalue weighted by atomic mass is 35.5. The van der Waals surface area contributed by atoms with Crippen molar-refractivity contribution in [3.63, 3.8) is 0 Å². The number of carboxylic acid groups (broad SMARTS) is 1. The molecule has 0 amide bonds. The fourth-order valence-corrected chi connectivity index (χ4v) is 4.03. The molecule has 0 spiro atoms. The Labute approximate surface area is 164 Å². The second-order valence-electron chi connectivity index (χ2n) is 6.37. The summed E-state index contributed by atoms with van der Waals surface area (Å²) in [6.45, 7) is 7.13. The highest BCUT2D eigenvalue weighted by Crippen LogP contribution is 2.25. The summed E-state index contributed by atoms with van der Waals surface area (Å²) in [4.78, 5) is 16.5. The first-order chi connectivity index (χ1) is 12.5. The lowest BCUT2D eigenvalue weighted by Gasteiger charge is -2.34. The van der Waals surface area contributed by atoms with Crippen molar-refractivity contribution >= 4 is 35.1 Å². The molecule has 2 heterocycles. The first-order valence-corrected chi connectivity index (χ1v) is 10.0. The lowest BCUT2D eigenvalue weighted by Crippen LogP contribution is -2.43. The Hall–Kier alpha value is -1.63. The number of halogens is 1. The molecule has 1 aliphatic heterocycles. The number of nitrogens with one attached hydrogen (secondary N) is 1. The van der Waals surface area contributed by atoms with Gasteiger partial charge in [0.05, 0.1) is 11.2 Å². The van der Waals surface area contributed by atoms with E-state index in [0.29, 0.717) is 6.04 Å². The minimum Gasteiger partial charge on any atom is -0.483 e. The van der Waals surface area contributed by atoms with Gasteiger partial charge in [0.15, 0.2) is 0 Å². The van der Waals surface area contributed by atoms with Crippen LogP contribution in [0, 0.1) is 13.8 Å². The maximum Gasteiger partial charge on any atom is 0.290 e. The number of aryl methyl sites for hydroxylation is 2. The van der Waals surface area contributed by atoms with Crippen LogP contribution in [0.5, 0.6) is 0 Å². The highest BCUT2D eigenvalue weighted by Gasteiger charge is 2.19. The van der Waals surface area contributed by atoms with Crippen molar-refractivity contribution in [1.82, 2.24) is 10.3 Å². The Morgan fingerprint density at radius 3 is 2.65 bits per heavy atom. The number of thiazole rings is 1. The molecular formula is C19H26ClN3O2S. The van der Waals surface area contributed by atoms with E-state index in [1.807, 2.05) is 12.4 Å². The third-order valence-corrected chi connectivity index (χ3v) is 6.05. The molecule has 0 bridgehead atoms. The predicted octanol–water partition coefficient (Wildman–Crippen LogP) is 3.92. The normalized spacial score (nSPS) is 14.7. The van der Waals surface area contributed by atoms with Gasteiger partial charge in [0.25, 0.3) is 6.47 Å². The molecular weight excluding hydrogens is 370 g/mol. The average molecular weight is 396 g/mol. The van der Waals surface area contributed by atoms with Crippen molar-refractivity contribution < 1.29 is 9.90 Å². The topological polar surface area (TPSA) is 65.5 Å². The van der Waals surface area contributed by atoms with Gasteiger partial charge in [0.1, 0.15) is 0 Å². The van der Waals surface area contributed by atoms with Gasteiger partial charge in [-0.25, -0.2) is 4.98 Å². The van der Waals surface area contributed by atoms with Crippen molar-refractivity contribution in [3.05, 3.63) is 44.9 Å². The molecule has 5 nitrogen and oxygen atoms in total. The van der Waals surface area contributed by atoms with E-state index in [0.717, 1.165) is 36.6 Å². The second-order valence-corrected chi connectivity index (χ2v) is 7.71. The lowest BCUT2D eigenvalue weighted by molar-refractivity contribution is -0.122. The molecule has 3 rings (SSSR count). The third kappa shape index (κ3) is 5.97. The molecule has 1 aromatic heterocycles. The van der Waals surface area contributed by atoms with E-state index in [2.05, 4.69) is 40.3 Å². The molecule has 2 aromatic rings. The summed E-state index contributed by atoms with van der Waals surface area (Å²) in [5.74, 6) is 0. The quantitative estimate of drug-likeness (QED) is 0.751. The summed E-state index contributed by atoms with van der Waals surface area (Å²) >= 11 is 8.01. The molecule has 1 fully saturated rings. The van der Waals surface area contributed by atoms with Crippen LogP contribution in [0.2, 0.25) is 5.02 Å². The van der Waals surface area contributed by atoms with Crippen molar-refractivity contribution in [1.29, 1.82) is 0 Å². The zero-order valence-corrected chi connectivity index (χ0v) is 16.8. The van der Waals surface area contributed by atoms with E-state index in [9.17, 15) is 0 Å². The average Bonchev–Trinajstić information content (AvgIpc) is 3.04. The fraction of sp³-hybridized carbons (Fsp3) is 0.474. The Kier molecular flexibility index (Phi) is 8.35. The van der Waals surface area contributed by atoms with Crippen LogP contribution in [-0.4, -0.2) is 42.2 Å². The van der Waals surface area contributed by atoms with Gasteiger partial charge in [-0.05, 0) is 50.8 Å². The Bertz CT molecular complexity index is 700. The van der Waals surface area contributed by atoms with Crippen LogP contribution in [-0.2, 0) is 11.2 Å². The number of rotatable bonds is 5. The number of piperidine rings is 1. The summed E-state index contributed by atoms with van der Waals surface area (Å²) in [6, 6.07) is 7.01. The van der Waals surface area contributed by atoms with Crippen molar-refractivity contribution in [2.45, 2.75) is 39.2 Å². The Morgan fingerprint density at radius 1 is 1.38 bits per heavy atom. The van der Waals surface area contributed by atoms with E-state index in [4.69, 9.17) is 21.5 Å². The number of benzene rings is 1. The molecule has 0 unspecified atom stereocenters. The summed E-state index contributed by atoms with van der Waals surface area (Å²) in [5.41, 5.74) is 5.52. The number of nitrogens with zero attached hydrogens (tertiary/aromatic N) is 2. The first-order valence-electron chi connectivity index (χ1n) is 8.76. The van der Waals surface area contributed by atoms with E-state index in [1.165, 1.54) is 29.1 Å². The van der Waals surface area contributed by atoms with Gasteiger partial charge < -0.3 is 15.3 Å². The molecule has 0 radical (unpaired) electrons. The zero-order valence-electron chi connectivity index (χ0n) is 15.2. The minimum atomic E-state index is -0.250. The van der Waals surface area contributed by atoms with Gasteiger partial charge in [0, 0.05) is 41.3 Å². The zero-order chi connectivity index (χ0) is 18.9. The van der Waals surface area contributed by atoms with Gasteiger partial charge in [-0.2, -0.15) is 0 Å². The Morgan fingerprint density at radius 2 is 2.08 bits per heavy atom. The van der Waals surface area contributed by atoms with Gasteiger partial charge in [-0.1, -0.05) is 17.7 Å². The summed E-state index contributed by atoms with van der Waals surface area (Å²) in [7, 11) is 0. The van der Waals surface area contributed by atoms with Crippen LogP contribution in [0.15, 0.2) is 23.7 Å². The van der Waals surface area contributed by atoms with Crippen LogP contribution in [0.25, 0.3) is 0 Å². The number of aromatic nitrogens is 1. The summed E-state index contributed by atoms with van der Waals surface area (Å²) in [5, 5.41) is 11.5. The summed E-state index contributed by atoms with van der Waals surface area (Å²) < 4.78 is 0. The van der Waals surface area contributed by atoms with Crippen LogP contribution >= 0.6 is 22.9 Å². The third-order valence-electron chi connectivity index (χ3n) is 4.65. The number of hydrogen-bond acceptors (Lipinski definition) is 5. The molecule has 1 saturated heterocycles. The van der Waals surface area contributed by atoms with Gasteiger partial charge >= 0.3 is 0 Å². The van der Waals surface area contributed by atoms with Crippen LogP contribution in [0.3, 0.4) is 0 Å². The molecule has 0 saturated carbocycles. The number of anilines is 1. The van der Waals surface area contributed by atoms with E-state index in [1.54, 1.807) is 11.3 Å². The summed E-state index contributed by atoms with van der Waals surface area (Å²) in [6.07, 6.45) is 3.46. The molecule has 26 heavy (non-hydrogen) atoms. The SMILES string of the molecule is Cc1ccc(N2CCC(NCCc3scnc3C)CC2)cc1Cl.O=CO. The fourth-order valence-electron chi connectivity index (χ4n) is 3.08. The maximum atomic E-state index is 8.36. The van der Waals surface area contributed by atoms with Gasteiger partial charge in [-0.3, -0.25) is 4.79 Å². The molecule has 0 atom stereocenters. The standard InChI is InChI=1S/C18H24ClN3S.CH2O2/c1-13-3-4-16(11-17(13)19)22-9-6-15(7-10-22)20-8-5-18-14(2)21-12-23-18;2-1-3/h3-4,11-12,15,20H,5-10H2,1-2H3;1H,(H,2,3). The van der Waals surface area contributed by atoms with Crippen LogP contribution in [0.1, 0.15) is 29.0 Å². The maximum absolute atomic E-state index is 8.36. The van der Waals surface area contributed by atoms with E-state index < -0.39 is 0 Å². The number of carbonyl (C=O) groups is 1. The molecule has 2 N–H and O–H groups in total. The van der Waals surface area contributed by atoms with Gasteiger partial charge in [0.2, 0.25) is 0 Å². The molecule has 1 aromatic carbocycles. The molecule has 0 aliphatic carbocycles. The van der Waals surface area contributed by atoms with Crippen LogP contribution < -0.4 is 10.2 Å². The van der Waals surface area contributed by atoms with Crippen molar-refractivity contribution in [3.8, 4) is 0 Å². The van der Waals surface area contributed by atoms with E-state index in [-0.39, 0.29) is 6.47 Å². The van der Waals surface area contributed by atoms with Crippen LogP contribution in [0.4, 0.5) is 5.69 Å². The van der Waals surface area contributed by atoms with E-state index >= 15 is 0 Å². The molecule has 7 heteroatoms. The smallest absolute Gasteiger partial charge is 0.290 e. The second kappa shape index (κ2) is 10.5. The first kappa shape index (κ1) is 20.7. The molecule has 142 valence electrons. The number of hydrogen-bond donors (Lipinski definition) is 2. The largest absolute Gasteiger partial charge is 0.483 e. The lowest BCUT2D eigenvalue weighted by atomic mass is 10.0. The molecule has 1 aliphatic rings. The monoisotopic (exact) mass is 395 g/mol. The highest BCUT2D eigenvalue weighted by molar-refractivity contribution is 7.09.